The van der Waals surface area contributed by atoms with Crippen LogP contribution < -0.4 is 5.73 Å². The lowest BCUT2D eigenvalue weighted by atomic mass is 9.87. The highest BCUT2D eigenvalue weighted by atomic mass is 32.2. The minimum absolute atomic E-state index is 0.157. The van der Waals surface area contributed by atoms with Crippen LogP contribution >= 0.6 is 11.8 Å². The van der Waals surface area contributed by atoms with E-state index < -0.39 is 11.6 Å². The molecule has 0 radical (unpaired) electrons. The zero-order valence-electron chi connectivity index (χ0n) is 9.83. The molecule has 3 unspecified atom stereocenters. The lowest BCUT2D eigenvalue weighted by Crippen LogP contribution is -2.37. The Morgan fingerprint density at radius 3 is 2.71 bits per heavy atom. The molecule has 0 aliphatic heterocycles. The quantitative estimate of drug-likeness (QED) is 0.876. The van der Waals surface area contributed by atoms with E-state index in [0.717, 1.165) is 24.2 Å². The van der Waals surface area contributed by atoms with Crippen molar-refractivity contribution in [2.24, 2.45) is 11.7 Å². The van der Waals surface area contributed by atoms with Gasteiger partial charge >= 0.3 is 0 Å². The first-order valence-corrected chi connectivity index (χ1v) is 6.81. The Hall–Kier alpha value is -0.610. The average Bonchev–Trinajstić information content (AvgIpc) is 2.29. The maximum absolute atomic E-state index is 13.1. The largest absolute Gasteiger partial charge is 0.327 e. The van der Waals surface area contributed by atoms with E-state index >= 15 is 0 Å². The Kier molecular flexibility index (Phi) is 4.05. The molecule has 0 amide bonds. The van der Waals surface area contributed by atoms with Gasteiger partial charge in [0.2, 0.25) is 0 Å². The van der Waals surface area contributed by atoms with Gasteiger partial charge in [-0.05, 0) is 43.4 Å². The number of rotatable bonds is 2. The van der Waals surface area contributed by atoms with E-state index in [1.807, 2.05) is 0 Å². The van der Waals surface area contributed by atoms with E-state index in [9.17, 15) is 8.78 Å². The normalized spacial score (nSPS) is 29.3. The second-order valence-corrected chi connectivity index (χ2v) is 6.13. The fraction of sp³-hybridized carbons (Fsp3) is 0.538. The van der Waals surface area contributed by atoms with Crippen molar-refractivity contribution >= 4 is 11.8 Å². The molecule has 1 aromatic rings. The molecule has 1 nitrogen and oxygen atoms in total. The van der Waals surface area contributed by atoms with Crippen LogP contribution in [-0.2, 0) is 0 Å². The molecule has 0 spiro atoms. The summed E-state index contributed by atoms with van der Waals surface area (Å²) >= 11 is 1.57. The number of benzene rings is 1. The third-order valence-electron chi connectivity index (χ3n) is 3.28. The Bertz CT molecular complexity index is 397. The molecule has 0 saturated heterocycles. The molecular weight excluding hydrogens is 240 g/mol. The van der Waals surface area contributed by atoms with Crippen molar-refractivity contribution < 1.29 is 8.78 Å². The van der Waals surface area contributed by atoms with Crippen LogP contribution in [0.1, 0.15) is 26.2 Å². The molecule has 1 saturated carbocycles. The molecule has 2 N–H and O–H groups in total. The van der Waals surface area contributed by atoms with E-state index in [4.69, 9.17) is 5.73 Å². The summed E-state index contributed by atoms with van der Waals surface area (Å²) in [6.45, 7) is 2.21. The predicted molar refractivity (Wildman–Crippen MR) is 67.0 cm³/mol. The van der Waals surface area contributed by atoms with Crippen molar-refractivity contribution in [3.05, 3.63) is 29.8 Å². The minimum Gasteiger partial charge on any atom is -0.327 e. The van der Waals surface area contributed by atoms with Crippen LogP contribution in [0.5, 0.6) is 0 Å². The summed E-state index contributed by atoms with van der Waals surface area (Å²) in [5.41, 5.74) is 6.07. The van der Waals surface area contributed by atoms with Crippen molar-refractivity contribution in [1.29, 1.82) is 0 Å². The monoisotopic (exact) mass is 257 g/mol. The molecule has 94 valence electrons. The molecule has 0 aromatic heterocycles. The van der Waals surface area contributed by atoms with Gasteiger partial charge in [0.25, 0.3) is 0 Å². The number of halogens is 2. The van der Waals surface area contributed by atoms with Crippen LogP contribution in [0.15, 0.2) is 23.1 Å². The number of nitrogens with two attached hydrogens (primary N) is 1. The molecule has 0 heterocycles. The first-order valence-electron chi connectivity index (χ1n) is 5.93. The van der Waals surface area contributed by atoms with E-state index in [1.54, 1.807) is 17.8 Å². The van der Waals surface area contributed by atoms with Gasteiger partial charge < -0.3 is 5.73 Å². The highest BCUT2D eigenvalue weighted by Gasteiger charge is 2.26. The third-order valence-corrected chi connectivity index (χ3v) is 4.65. The number of hydrogen-bond donors (Lipinski definition) is 1. The van der Waals surface area contributed by atoms with Gasteiger partial charge in [0, 0.05) is 16.2 Å². The molecular formula is C13H17F2NS. The second-order valence-electron chi connectivity index (χ2n) is 4.81. The molecule has 4 heteroatoms. The molecule has 1 aliphatic carbocycles. The molecule has 17 heavy (non-hydrogen) atoms. The van der Waals surface area contributed by atoms with E-state index in [1.165, 1.54) is 12.1 Å². The highest BCUT2D eigenvalue weighted by molar-refractivity contribution is 8.00. The lowest BCUT2D eigenvalue weighted by molar-refractivity contribution is 0.357. The zero-order valence-corrected chi connectivity index (χ0v) is 10.6. The summed E-state index contributed by atoms with van der Waals surface area (Å²) in [5.74, 6) is -0.916. The Morgan fingerprint density at radius 2 is 2.00 bits per heavy atom. The van der Waals surface area contributed by atoms with Crippen LogP contribution in [0.25, 0.3) is 0 Å². The van der Waals surface area contributed by atoms with Crippen LogP contribution in [0.4, 0.5) is 8.78 Å². The first kappa shape index (κ1) is 12.8. The molecule has 1 aromatic carbocycles. The molecule has 1 fully saturated rings. The van der Waals surface area contributed by atoms with Gasteiger partial charge in [-0.2, -0.15) is 0 Å². The SMILES string of the molecule is CC1CCC(N)C(Sc2ccc(F)c(F)c2)C1. The zero-order chi connectivity index (χ0) is 12.4. The van der Waals surface area contributed by atoms with Gasteiger partial charge in [0.15, 0.2) is 11.6 Å². The van der Waals surface area contributed by atoms with Gasteiger partial charge in [0.1, 0.15) is 0 Å². The van der Waals surface area contributed by atoms with E-state index in [0.29, 0.717) is 11.2 Å². The second kappa shape index (κ2) is 5.36. The standard InChI is InChI=1S/C13H17F2NS/c1-8-2-5-12(16)13(6-8)17-9-3-4-10(14)11(15)7-9/h3-4,7-8,12-13H,2,5-6,16H2,1H3. The molecule has 1 aliphatic rings. The van der Waals surface area contributed by atoms with Gasteiger partial charge in [-0.25, -0.2) is 8.78 Å². The minimum atomic E-state index is -0.796. The summed E-state index contributed by atoms with van der Waals surface area (Å²) < 4.78 is 25.9. The Balaban J connectivity index is 2.06. The van der Waals surface area contributed by atoms with Crippen LogP contribution in [0, 0.1) is 17.6 Å². The molecule has 2 rings (SSSR count). The fourth-order valence-electron chi connectivity index (χ4n) is 2.21. The maximum atomic E-state index is 13.1. The lowest BCUT2D eigenvalue weighted by Gasteiger charge is -2.32. The highest BCUT2D eigenvalue weighted by Crippen LogP contribution is 2.35. The Labute approximate surface area is 105 Å². The summed E-state index contributed by atoms with van der Waals surface area (Å²) in [7, 11) is 0. The summed E-state index contributed by atoms with van der Waals surface area (Å²) in [6.07, 6.45) is 3.23. The van der Waals surface area contributed by atoms with Gasteiger partial charge in [-0.3, -0.25) is 0 Å². The van der Waals surface area contributed by atoms with E-state index in [-0.39, 0.29) is 6.04 Å². The maximum Gasteiger partial charge on any atom is 0.159 e. The van der Waals surface area contributed by atoms with Crippen LogP contribution in [0.3, 0.4) is 0 Å². The molecule has 0 bridgehead atoms. The molecule has 3 atom stereocenters. The third kappa shape index (κ3) is 3.19. The summed E-state index contributed by atoms with van der Waals surface area (Å²) in [6, 6.07) is 4.21. The average molecular weight is 257 g/mol. The van der Waals surface area contributed by atoms with Crippen LogP contribution in [-0.4, -0.2) is 11.3 Å². The topological polar surface area (TPSA) is 26.0 Å². The van der Waals surface area contributed by atoms with Crippen molar-refractivity contribution in [2.45, 2.75) is 42.4 Å². The summed E-state index contributed by atoms with van der Waals surface area (Å²) in [5, 5.41) is 0.309. The predicted octanol–water partition coefficient (Wildman–Crippen LogP) is 3.57. The van der Waals surface area contributed by atoms with Gasteiger partial charge in [-0.15, -0.1) is 11.8 Å². The van der Waals surface area contributed by atoms with Crippen molar-refractivity contribution in [1.82, 2.24) is 0 Å². The first-order chi connectivity index (χ1) is 8.06. The van der Waals surface area contributed by atoms with Crippen molar-refractivity contribution in [2.75, 3.05) is 0 Å². The fourth-order valence-corrected chi connectivity index (χ4v) is 3.62. The van der Waals surface area contributed by atoms with Gasteiger partial charge in [0.05, 0.1) is 0 Å². The number of thioether (sulfide) groups is 1. The van der Waals surface area contributed by atoms with Crippen molar-refractivity contribution in [3.8, 4) is 0 Å². The summed E-state index contributed by atoms with van der Waals surface area (Å²) in [4.78, 5) is 0.762. The van der Waals surface area contributed by atoms with Crippen LogP contribution in [0.2, 0.25) is 0 Å². The smallest absolute Gasteiger partial charge is 0.159 e. The number of hydrogen-bond acceptors (Lipinski definition) is 2. The van der Waals surface area contributed by atoms with Crippen molar-refractivity contribution in [3.63, 3.8) is 0 Å². The Morgan fingerprint density at radius 1 is 1.24 bits per heavy atom. The van der Waals surface area contributed by atoms with Gasteiger partial charge in [-0.1, -0.05) is 6.92 Å². The van der Waals surface area contributed by atoms with E-state index in [2.05, 4.69) is 6.92 Å².